The molecule has 0 aliphatic carbocycles. The van der Waals surface area contributed by atoms with Crippen molar-refractivity contribution in [3.05, 3.63) is 132 Å². The predicted octanol–water partition coefficient (Wildman–Crippen LogP) is 7.32. The molecular formula is C31H22O2. The third kappa shape index (κ3) is 5.23. The Morgan fingerprint density at radius 3 is 1.70 bits per heavy atom. The van der Waals surface area contributed by atoms with Crippen LogP contribution < -0.4 is 9.47 Å². The summed E-state index contributed by atoms with van der Waals surface area (Å²) in [4.78, 5) is 0. The largest absolute Gasteiger partial charge is 0.458 e. The van der Waals surface area contributed by atoms with Crippen molar-refractivity contribution in [2.24, 2.45) is 0 Å². The van der Waals surface area contributed by atoms with Crippen molar-refractivity contribution in [2.45, 2.75) is 0 Å². The van der Waals surface area contributed by atoms with Crippen LogP contribution in [-0.4, -0.2) is 6.79 Å². The average Bonchev–Trinajstić information content (AvgIpc) is 2.89. The monoisotopic (exact) mass is 426 g/mol. The van der Waals surface area contributed by atoms with Crippen molar-refractivity contribution in [2.75, 3.05) is 6.79 Å². The van der Waals surface area contributed by atoms with Crippen LogP contribution in [-0.2, 0) is 0 Å². The van der Waals surface area contributed by atoms with E-state index in [-0.39, 0.29) is 6.79 Å². The van der Waals surface area contributed by atoms with Gasteiger partial charge < -0.3 is 9.47 Å². The molecule has 33 heavy (non-hydrogen) atoms. The zero-order valence-corrected chi connectivity index (χ0v) is 18.1. The molecule has 5 aromatic rings. The first-order valence-corrected chi connectivity index (χ1v) is 10.9. The summed E-state index contributed by atoms with van der Waals surface area (Å²) in [5.41, 5.74) is 4.31. The van der Waals surface area contributed by atoms with Crippen LogP contribution in [0.15, 0.2) is 121 Å². The fourth-order valence-corrected chi connectivity index (χ4v) is 3.58. The standard InChI is InChI=1S/C31H22O2/c1-2-8-30(9-3-1)32-23-33-31-20-14-25(15-21-31)11-10-24-12-16-27(17-13-24)29-19-18-26-6-4-5-7-28(26)22-29/h1-9,12-22H,23H2. The van der Waals surface area contributed by atoms with Crippen LogP contribution in [0.1, 0.15) is 11.1 Å². The SMILES string of the molecule is C(#Cc1ccc(-c2ccc3ccccc3c2)cc1)c1ccc(OCOc2ccccc2)cc1. The predicted molar refractivity (Wildman–Crippen MR) is 134 cm³/mol. The first-order valence-electron chi connectivity index (χ1n) is 10.9. The molecule has 0 saturated carbocycles. The third-order valence-electron chi connectivity index (χ3n) is 5.37. The molecule has 0 atom stereocenters. The molecule has 158 valence electrons. The van der Waals surface area contributed by atoms with Gasteiger partial charge in [-0.25, -0.2) is 0 Å². The molecule has 2 heteroatoms. The van der Waals surface area contributed by atoms with Crippen LogP contribution in [0.25, 0.3) is 21.9 Å². The van der Waals surface area contributed by atoms with Crippen LogP contribution in [0.3, 0.4) is 0 Å². The highest BCUT2D eigenvalue weighted by molar-refractivity contribution is 5.87. The molecule has 5 aromatic carbocycles. The number of rotatable bonds is 5. The Morgan fingerprint density at radius 2 is 1.00 bits per heavy atom. The number of hydrogen-bond donors (Lipinski definition) is 0. The highest BCUT2D eigenvalue weighted by Crippen LogP contribution is 2.24. The molecule has 0 aliphatic heterocycles. The van der Waals surface area contributed by atoms with E-state index < -0.39 is 0 Å². The molecule has 0 spiro atoms. The van der Waals surface area contributed by atoms with E-state index >= 15 is 0 Å². The number of ether oxygens (including phenoxy) is 2. The molecule has 0 aromatic heterocycles. The molecule has 0 saturated heterocycles. The van der Waals surface area contributed by atoms with E-state index in [1.165, 1.54) is 21.9 Å². The van der Waals surface area contributed by atoms with Gasteiger partial charge in [-0.1, -0.05) is 78.6 Å². The number of para-hydroxylation sites is 1. The number of fused-ring (bicyclic) bond motifs is 1. The van der Waals surface area contributed by atoms with Crippen molar-refractivity contribution in [1.82, 2.24) is 0 Å². The molecule has 0 radical (unpaired) electrons. The lowest BCUT2D eigenvalue weighted by Crippen LogP contribution is -2.05. The van der Waals surface area contributed by atoms with Crippen LogP contribution in [0.2, 0.25) is 0 Å². The van der Waals surface area contributed by atoms with Gasteiger partial charge in [-0.3, -0.25) is 0 Å². The Balaban J connectivity index is 1.21. The highest BCUT2D eigenvalue weighted by Gasteiger charge is 2.00. The summed E-state index contributed by atoms with van der Waals surface area (Å²) in [6.07, 6.45) is 0. The maximum Gasteiger partial charge on any atom is 0.230 e. The Kier molecular flexibility index (Phi) is 6.04. The van der Waals surface area contributed by atoms with Gasteiger partial charge in [0.25, 0.3) is 0 Å². The summed E-state index contributed by atoms with van der Waals surface area (Å²) in [7, 11) is 0. The zero-order chi connectivity index (χ0) is 22.3. The maximum atomic E-state index is 5.64. The molecule has 0 bridgehead atoms. The second-order valence-corrected chi connectivity index (χ2v) is 7.63. The van der Waals surface area contributed by atoms with Gasteiger partial charge in [-0.05, 0) is 76.5 Å². The van der Waals surface area contributed by atoms with Crippen molar-refractivity contribution < 1.29 is 9.47 Å². The smallest absolute Gasteiger partial charge is 0.230 e. The first-order chi connectivity index (χ1) is 16.3. The Morgan fingerprint density at radius 1 is 0.455 bits per heavy atom. The van der Waals surface area contributed by atoms with Crippen LogP contribution >= 0.6 is 0 Å². The van der Waals surface area contributed by atoms with Gasteiger partial charge in [0.2, 0.25) is 6.79 Å². The van der Waals surface area contributed by atoms with Crippen molar-refractivity contribution in [3.63, 3.8) is 0 Å². The lowest BCUT2D eigenvalue weighted by molar-refractivity contribution is 0.120. The molecule has 0 heterocycles. The molecule has 5 rings (SSSR count). The number of benzene rings is 5. The fourth-order valence-electron chi connectivity index (χ4n) is 3.58. The summed E-state index contributed by atoms with van der Waals surface area (Å²) in [5, 5.41) is 2.50. The minimum atomic E-state index is 0.165. The molecule has 0 aliphatic rings. The molecule has 0 fully saturated rings. The Labute approximate surface area is 194 Å². The maximum absolute atomic E-state index is 5.64. The minimum Gasteiger partial charge on any atom is -0.458 e. The molecule has 0 N–H and O–H groups in total. The first kappa shape index (κ1) is 20.4. The third-order valence-corrected chi connectivity index (χ3v) is 5.37. The van der Waals surface area contributed by atoms with Crippen molar-refractivity contribution in [1.29, 1.82) is 0 Å². The van der Waals surface area contributed by atoms with Gasteiger partial charge in [-0.15, -0.1) is 0 Å². The van der Waals surface area contributed by atoms with Crippen LogP contribution in [0.4, 0.5) is 0 Å². The van der Waals surface area contributed by atoms with E-state index in [1.807, 2.05) is 54.6 Å². The topological polar surface area (TPSA) is 18.5 Å². The number of hydrogen-bond acceptors (Lipinski definition) is 2. The summed E-state index contributed by atoms with van der Waals surface area (Å²) in [6.45, 7) is 0.165. The van der Waals surface area contributed by atoms with E-state index in [0.717, 1.165) is 22.6 Å². The van der Waals surface area contributed by atoms with Gasteiger partial charge in [0.1, 0.15) is 11.5 Å². The lowest BCUT2D eigenvalue weighted by Gasteiger charge is -2.08. The second-order valence-electron chi connectivity index (χ2n) is 7.63. The highest BCUT2D eigenvalue weighted by atomic mass is 16.7. The molecule has 2 nitrogen and oxygen atoms in total. The van der Waals surface area contributed by atoms with E-state index in [4.69, 9.17) is 9.47 Å². The van der Waals surface area contributed by atoms with Crippen LogP contribution in [0.5, 0.6) is 11.5 Å². The average molecular weight is 427 g/mol. The second kappa shape index (κ2) is 9.77. The van der Waals surface area contributed by atoms with E-state index in [9.17, 15) is 0 Å². The summed E-state index contributed by atoms with van der Waals surface area (Å²) in [5.74, 6) is 7.98. The molecular weight excluding hydrogens is 404 g/mol. The zero-order valence-electron chi connectivity index (χ0n) is 18.1. The van der Waals surface area contributed by atoms with E-state index in [2.05, 4.69) is 78.6 Å². The Hall–Kier alpha value is -4.48. The van der Waals surface area contributed by atoms with Crippen molar-refractivity contribution >= 4 is 10.8 Å². The van der Waals surface area contributed by atoms with Crippen LogP contribution in [0, 0.1) is 11.8 Å². The Bertz CT molecular complexity index is 1410. The van der Waals surface area contributed by atoms with Crippen molar-refractivity contribution in [3.8, 4) is 34.5 Å². The minimum absolute atomic E-state index is 0.165. The summed E-state index contributed by atoms with van der Waals surface area (Å²) in [6, 6.07) is 40.7. The molecule has 0 unspecified atom stereocenters. The van der Waals surface area contributed by atoms with Gasteiger partial charge >= 0.3 is 0 Å². The van der Waals surface area contributed by atoms with E-state index in [0.29, 0.717) is 0 Å². The van der Waals surface area contributed by atoms with Gasteiger partial charge in [0, 0.05) is 11.1 Å². The summed E-state index contributed by atoms with van der Waals surface area (Å²) >= 11 is 0. The van der Waals surface area contributed by atoms with E-state index in [1.54, 1.807) is 0 Å². The normalized spacial score (nSPS) is 10.3. The summed E-state index contributed by atoms with van der Waals surface area (Å²) < 4.78 is 11.2. The van der Waals surface area contributed by atoms with Gasteiger partial charge in [0.05, 0.1) is 0 Å². The van der Waals surface area contributed by atoms with Gasteiger partial charge in [-0.2, -0.15) is 0 Å². The lowest BCUT2D eigenvalue weighted by atomic mass is 10.0. The fraction of sp³-hybridized carbons (Fsp3) is 0.0323. The quantitative estimate of drug-likeness (QED) is 0.216. The molecule has 0 amide bonds. The van der Waals surface area contributed by atoms with Gasteiger partial charge in [0.15, 0.2) is 0 Å².